The lowest BCUT2D eigenvalue weighted by molar-refractivity contribution is 0.659. The summed E-state index contributed by atoms with van der Waals surface area (Å²) in [6, 6.07) is 10.4. The molecule has 5 heteroatoms. The van der Waals surface area contributed by atoms with Crippen LogP contribution in [0, 0.1) is 13.8 Å². The molecule has 2 N–H and O–H groups in total. The number of rotatable bonds is 5. The van der Waals surface area contributed by atoms with Gasteiger partial charge in [0.05, 0.1) is 12.2 Å². The zero-order valence-electron chi connectivity index (χ0n) is 12.8. The molecule has 0 aliphatic carbocycles. The molecular formula is C16H22N4S. The van der Waals surface area contributed by atoms with Gasteiger partial charge in [0.1, 0.15) is 0 Å². The van der Waals surface area contributed by atoms with Crippen molar-refractivity contribution in [3.8, 4) is 0 Å². The first-order chi connectivity index (χ1) is 10.1. The predicted octanol–water partition coefficient (Wildman–Crippen LogP) is 3.24. The largest absolute Gasteiger partial charge is 0.362 e. The zero-order valence-corrected chi connectivity index (χ0v) is 13.6. The highest BCUT2D eigenvalue weighted by Crippen LogP contribution is 2.13. The van der Waals surface area contributed by atoms with E-state index in [2.05, 4.69) is 47.8 Å². The Hall–Kier alpha value is -1.88. The monoisotopic (exact) mass is 302 g/mol. The highest BCUT2D eigenvalue weighted by molar-refractivity contribution is 7.80. The lowest BCUT2D eigenvalue weighted by atomic mass is 10.2. The van der Waals surface area contributed by atoms with Crippen molar-refractivity contribution >= 4 is 23.0 Å². The molecule has 0 amide bonds. The van der Waals surface area contributed by atoms with Gasteiger partial charge in [-0.2, -0.15) is 5.10 Å². The molecule has 0 spiro atoms. The van der Waals surface area contributed by atoms with Gasteiger partial charge in [-0.25, -0.2) is 0 Å². The number of hydrogen-bond donors (Lipinski definition) is 2. The van der Waals surface area contributed by atoms with Crippen LogP contribution in [0.2, 0.25) is 0 Å². The number of nitrogens with one attached hydrogen (secondary N) is 2. The minimum atomic E-state index is 0.667. The van der Waals surface area contributed by atoms with Crippen LogP contribution in [0.1, 0.15) is 30.3 Å². The minimum Gasteiger partial charge on any atom is -0.362 e. The lowest BCUT2D eigenvalue weighted by Gasteiger charge is -2.11. The number of aromatic nitrogens is 2. The van der Waals surface area contributed by atoms with E-state index in [1.54, 1.807) is 0 Å². The molecule has 0 radical (unpaired) electrons. The molecule has 0 bridgehead atoms. The Morgan fingerprint density at radius 2 is 2.10 bits per heavy atom. The average molecular weight is 302 g/mol. The zero-order chi connectivity index (χ0) is 15.2. The van der Waals surface area contributed by atoms with E-state index >= 15 is 0 Å². The summed E-state index contributed by atoms with van der Waals surface area (Å²) in [6.45, 7) is 7.86. The molecule has 112 valence electrons. The molecule has 1 aromatic carbocycles. The second-order valence-corrected chi connectivity index (χ2v) is 5.57. The van der Waals surface area contributed by atoms with Gasteiger partial charge in [0.15, 0.2) is 5.11 Å². The van der Waals surface area contributed by atoms with Gasteiger partial charge in [0, 0.05) is 17.9 Å². The maximum atomic E-state index is 5.26. The van der Waals surface area contributed by atoms with E-state index < -0.39 is 0 Å². The van der Waals surface area contributed by atoms with Crippen LogP contribution in [0.3, 0.4) is 0 Å². The van der Waals surface area contributed by atoms with Crippen LogP contribution >= 0.6 is 12.2 Å². The minimum absolute atomic E-state index is 0.667. The molecule has 0 aliphatic rings. The highest BCUT2D eigenvalue weighted by atomic mass is 32.1. The number of benzene rings is 1. The average Bonchev–Trinajstić information content (AvgIpc) is 2.75. The van der Waals surface area contributed by atoms with E-state index in [4.69, 9.17) is 12.2 Å². The van der Waals surface area contributed by atoms with Gasteiger partial charge in [0.2, 0.25) is 0 Å². The molecule has 0 unspecified atom stereocenters. The number of hydrogen-bond acceptors (Lipinski definition) is 2. The van der Waals surface area contributed by atoms with E-state index in [-0.39, 0.29) is 0 Å². The normalized spacial score (nSPS) is 10.4. The van der Waals surface area contributed by atoms with Gasteiger partial charge in [0.25, 0.3) is 0 Å². The first-order valence-corrected chi connectivity index (χ1v) is 7.64. The molecule has 2 aromatic rings. The summed E-state index contributed by atoms with van der Waals surface area (Å²) in [5.41, 5.74) is 4.42. The van der Waals surface area contributed by atoms with Crippen LogP contribution in [-0.4, -0.2) is 21.4 Å². The van der Waals surface area contributed by atoms with E-state index in [1.807, 2.05) is 23.7 Å². The van der Waals surface area contributed by atoms with E-state index in [1.165, 1.54) is 11.3 Å². The smallest absolute Gasteiger partial charge is 0.170 e. The Labute approximate surface area is 131 Å². The van der Waals surface area contributed by atoms with Gasteiger partial charge >= 0.3 is 0 Å². The van der Waals surface area contributed by atoms with Gasteiger partial charge in [-0.15, -0.1) is 0 Å². The quantitative estimate of drug-likeness (QED) is 0.832. The Balaban J connectivity index is 2.04. The van der Waals surface area contributed by atoms with Crippen molar-refractivity contribution in [2.24, 2.45) is 0 Å². The second kappa shape index (κ2) is 7.22. The van der Waals surface area contributed by atoms with E-state index in [0.29, 0.717) is 5.11 Å². The van der Waals surface area contributed by atoms with Gasteiger partial charge < -0.3 is 10.6 Å². The van der Waals surface area contributed by atoms with Crippen LogP contribution in [0.25, 0.3) is 0 Å². The molecule has 0 saturated heterocycles. The van der Waals surface area contributed by atoms with Crippen molar-refractivity contribution in [2.75, 3.05) is 11.9 Å². The summed E-state index contributed by atoms with van der Waals surface area (Å²) in [5.74, 6) is 0. The molecule has 1 heterocycles. The molecule has 0 atom stereocenters. The molecule has 0 fully saturated rings. The molecule has 2 rings (SSSR count). The summed E-state index contributed by atoms with van der Waals surface area (Å²) in [4.78, 5) is 0. The van der Waals surface area contributed by atoms with Crippen LogP contribution in [0.4, 0.5) is 5.69 Å². The summed E-state index contributed by atoms with van der Waals surface area (Å²) in [6.07, 6.45) is 1.06. The Kier molecular flexibility index (Phi) is 5.33. The summed E-state index contributed by atoms with van der Waals surface area (Å²) in [5, 5.41) is 11.5. The molecule has 0 aliphatic heterocycles. The molecule has 1 aromatic heterocycles. The van der Waals surface area contributed by atoms with Crippen LogP contribution in [0.5, 0.6) is 0 Å². The third kappa shape index (κ3) is 4.56. The van der Waals surface area contributed by atoms with Crippen molar-refractivity contribution < 1.29 is 0 Å². The van der Waals surface area contributed by atoms with E-state index in [9.17, 15) is 0 Å². The highest BCUT2D eigenvalue weighted by Gasteiger charge is 2.03. The standard InChI is InChI=1S/C16H22N4S/c1-4-8-17-16(21)18-15-7-5-6-14(10-15)11-20-13(3)9-12(2)19-20/h5-7,9-10H,4,8,11H2,1-3H3,(H2,17,18,21). The van der Waals surface area contributed by atoms with Crippen molar-refractivity contribution in [1.29, 1.82) is 0 Å². The number of aryl methyl sites for hydroxylation is 2. The fourth-order valence-electron chi connectivity index (χ4n) is 2.17. The predicted molar refractivity (Wildman–Crippen MR) is 91.8 cm³/mol. The summed E-state index contributed by atoms with van der Waals surface area (Å²) < 4.78 is 2.02. The van der Waals surface area contributed by atoms with Crippen LogP contribution in [0.15, 0.2) is 30.3 Å². The van der Waals surface area contributed by atoms with Crippen LogP contribution < -0.4 is 10.6 Å². The Bertz CT molecular complexity index is 618. The topological polar surface area (TPSA) is 41.9 Å². The second-order valence-electron chi connectivity index (χ2n) is 5.17. The molecule has 21 heavy (non-hydrogen) atoms. The SMILES string of the molecule is CCCNC(=S)Nc1cccc(Cn2nc(C)cc2C)c1. The molecule has 0 saturated carbocycles. The van der Waals surface area contributed by atoms with Crippen molar-refractivity contribution in [3.05, 3.63) is 47.3 Å². The third-order valence-electron chi connectivity index (χ3n) is 3.16. The van der Waals surface area contributed by atoms with Gasteiger partial charge in [-0.3, -0.25) is 4.68 Å². The third-order valence-corrected chi connectivity index (χ3v) is 3.40. The fraction of sp³-hybridized carbons (Fsp3) is 0.375. The first kappa shape index (κ1) is 15.5. The Morgan fingerprint density at radius 3 is 2.76 bits per heavy atom. The van der Waals surface area contributed by atoms with Gasteiger partial charge in [-0.05, 0) is 56.2 Å². The maximum absolute atomic E-state index is 5.26. The first-order valence-electron chi connectivity index (χ1n) is 7.23. The molecular weight excluding hydrogens is 280 g/mol. The summed E-state index contributed by atoms with van der Waals surface area (Å²) >= 11 is 5.26. The van der Waals surface area contributed by atoms with Crippen molar-refractivity contribution in [3.63, 3.8) is 0 Å². The van der Waals surface area contributed by atoms with Crippen molar-refractivity contribution in [1.82, 2.24) is 15.1 Å². The van der Waals surface area contributed by atoms with Gasteiger partial charge in [-0.1, -0.05) is 19.1 Å². The maximum Gasteiger partial charge on any atom is 0.170 e. The van der Waals surface area contributed by atoms with Crippen molar-refractivity contribution in [2.45, 2.75) is 33.7 Å². The lowest BCUT2D eigenvalue weighted by Crippen LogP contribution is -2.28. The number of anilines is 1. The fourth-order valence-corrected chi connectivity index (χ4v) is 2.39. The number of thiocarbonyl (C=S) groups is 1. The Morgan fingerprint density at radius 1 is 1.29 bits per heavy atom. The summed E-state index contributed by atoms with van der Waals surface area (Å²) in [7, 11) is 0. The van der Waals surface area contributed by atoms with Crippen LogP contribution in [-0.2, 0) is 6.54 Å². The van der Waals surface area contributed by atoms with E-state index in [0.717, 1.165) is 30.9 Å². The number of nitrogens with zero attached hydrogens (tertiary/aromatic N) is 2. The molecule has 4 nitrogen and oxygen atoms in total.